The summed E-state index contributed by atoms with van der Waals surface area (Å²) in [4.78, 5) is 12.9. The van der Waals surface area contributed by atoms with E-state index in [2.05, 4.69) is 11.4 Å². The van der Waals surface area contributed by atoms with Gasteiger partial charge in [0.05, 0.1) is 11.6 Å². The van der Waals surface area contributed by atoms with Gasteiger partial charge in [0.15, 0.2) is 0 Å². The van der Waals surface area contributed by atoms with Gasteiger partial charge in [0.2, 0.25) is 5.91 Å². The first kappa shape index (κ1) is 13.1. The molecule has 96 valence electrons. The average Bonchev–Trinajstić information content (AvgIpc) is 2.50. The lowest BCUT2D eigenvalue weighted by Crippen LogP contribution is -2.32. The van der Waals surface area contributed by atoms with Gasteiger partial charge in [-0.15, -0.1) is 11.3 Å². The number of fused-ring (bicyclic) bond motifs is 1. The highest BCUT2D eigenvalue weighted by Crippen LogP contribution is 2.36. The van der Waals surface area contributed by atoms with E-state index in [1.165, 1.54) is 29.1 Å². The number of nitrogens with two attached hydrogens (primary N) is 1. The molecule has 0 spiro atoms. The number of anilines is 1. The quantitative estimate of drug-likeness (QED) is 0.803. The largest absolute Gasteiger partial charge is 0.320 e. The zero-order valence-corrected chi connectivity index (χ0v) is 11.3. The number of aryl methyl sites for hydroxylation is 1. The lowest BCUT2D eigenvalue weighted by atomic mass is 10.1. The molecule has 1 aliphatic rings. The third kappa shape index (κ3) is 2.55. The first-order valence-corrected chi connectivity index (χ1v) is 7.06. The number of hydrogen-bond acceptors (Lipinski definition) is 4. The lowest BCUT2D eigenvalue weighted by molar-refractivity contribution is -0.117. The molecule has 0 saturated heterocycles. The van der Waals surface area contributed by atoms with Crippen LogP contribution in [-0.2, 0) is 17.6 Å². The zero-order chi connectivity index (χ0) is 13.1. The van der Waals surface area contributed by atoms with Gasteiger partial charge >= 0.3 is 0 Å². The van der Waals surface area contributed by atoms with E-state index in [0.29, 0.717) is 10.6 Å². The molecule has 1 aromatic rings. The second-order valence-corrected chi connectivity index (χ2v) is 5.76. The normalized spacial score (nSPS) is 16.3. The highest BCUT2D eigenvalue weighted by Gasteiger charge is 2.21. The van der Waals surface area contributed by atoms with Crippen molar-refractivity contribution in [3.05, 3.63) is 16.0 Å². The average molecular weight is 263 g/mol. The zero-order valence-electron chi connectivity index (χ0n) is 10.5. The molecule has 0 unspecified atom stereocenters. The minimum Gasteiger partial charge on any atom is -0.320 e. The maximum Gasteiger partial charge on any atom is 0.241 e. The lowest BCUT2D eigenvalue weighted by Gasteiger charge is -2.06. The third-order valence-electron chi connectivity index (χ3n) is 3.18. The van der Waals surface area contributed by atoms with Gasteiger partial charge in [-0.05, 0) is 38.2 Å². The van der Waals surface area contributed by atoms with Crippen molar-refractivity contribution < 1.29 is 4.79 Å². The monoisotopic (exact) mass is 263 g/mol. The summed E-state index contributed by atoms with van der Waals surface area (Å²) in [6.45, 7) is 1.64. The van der Waals surface area contributed by atoms with E-state index in [4.69, 9.17) is 5.73 Å². The van der Waals surface area contributed by atoms with Crippen molar-refractivity contribution >= 4 is 22.2 Å². The minimum atomic E-state index is -0.557. The van der Waals surface area contributed by atoms with Crippen LogP contribution in [0.4, 0.5) is 5.00 Å². The number of nitriles is 1. The Morgan fingerprint density at radius 1 is 1.44 bits per heavy atom. The summed E-state index contributed by atoms with van der Waals surface area (Å²) in [5.74, 6) is -0.233. The Kier molecular flexibility index (Phi) is 4.00. The maximum absolute atomic E-state index is 11.6. The maximum atomic E-state index is 11.6. The Hall–Kier alpha value is -1.38. The summed E-state index contributed by atoms with van der Waals surface area (Å²) in [6.07, 6.45) is 5.47. The topological polar surface area (TPSA) is 78.9 Å². The van der Waals surface area contributed by atoms with Gasteiger partial charge in [-0.3, -0.25) is 4.79 Å². The molecule has 1 aromatic heterocycles. The van der Waals surface area contributed by atoms with Crippen LogP contribution in [0.3, 0.4) is 0 Å². The number of amides is 1. The second-order valence-electron chi connectivity index (χ2n) is 4.66. The fourth-order valence-electron chi connectivity index (χ4n) is 2.17. The Morgan fingerprint density at radius 3 is 2.83 bits per heavy atom. The summed E-state index contributed by atoms with van der Waals surface area (Å²) in [7, 11) is 0. The molecule has 3 N–H and O–H groups in total. The Labute approximate surface area is 111 Å². The van der Waals surface area contributed by atoms with Crippen LogP contribution in [0, 0.1) is 11.3 Å². The molecule has 0 aromatic carbocycles. The van der Waals surface area contributed by atoms with E-state index in [1.807, 2.05) is 0 Å². The van der Waals surface area contributed by atoms with E-state index < -0.39 is 6.04 Å². The van der Waals surface area contributed by atoms with Crippen LogP contribution in [0.2, 0.25) is 0 Å². The Bertz CT molecular complexity index is 499. The summed E-state index contributed by atoms with van der Waals surface area (Å²) in [5, 5.41) is 12.7. The van der Waals surface area contributed by atoms with Gasteiger partial charge in [0.25, 0.3) is 0 Å². The standard InChI is InChI=1S/C13H17N3OS/c1-8(15)12(17)16-13-10(7-14)9-5-3-2-4-6-11(9)18-13/h8H,2-6,15H2,1H3,(H,16,17)/t8-/m0/s1. The number of carbonyl (C=O) groups is 1. The van der Waals surface area contributed by atoms with E-state index >= 15 is 0 Å². The highest BCUT2D eigenvalue weighted by atomic mass is 32.1. The van der Waals surface area contributed by atoms with Crippen LogP contribution in [0.25, 0.3) is 0 Å². The molecule has 5 heteroatoms. The van der Waals surface area contributed by atoms with E-state index in [1.54, 1.807) is 6.92 Å². The van der Waals surface area contributed by atoms with Crippen molar-refractivity contribution in [2.45, 2.75) is 45.1 Å². The van der Waals surface area contributed by atoms with E-state index in [-0.39, 0.29) is 5.91 Å². The molecule has 1 heterocycles. The van der Waals surface area contributed by atoms with Gasteiger partial charge in [0, 0.05) is 4.88 Å². The van der Waals surface area contributed by atoms with Crippen LogP contribution >= 0.6 is 11.3 Å². The highest BCUT2D eigenvalue weighted by molar-refractivity contribution is 7.16. The van der Waals surface area contributed by atoms with Crippen molar-refractivity contribution in [1.82, 2.24) is 0 Å². The number of thiophene rings is 1. The van der Waals surface area contributed by atoms with Crippen molar-refractivity contribution in [2.75, 3.05) is 5.32 Å². The van der Waals surface area contributed by atoms with Crippen molar-refractivity contribution in [2.24, 2.45) is 5.73 Å². The van der Waals surface area contributed by atoms with Gasteiger partial charge in [-0.1, -0.05) is 6.42 Å². The minimum absolute atomic E-state index is 0.233. The fourth-order valence-corrected chi connectivity index (χ4v) is 3.42. The molecule has 0 saturated carbocycles. The molecule has 1 atom stereocenters. The van der Waals surface area contributed by atoms with E-state index in [9.17, 15) is 10.1 Å². The molecule has 18 heavy (non-hydrogen) atoms. The Morgan fingerprint density at radius 2 is 2.17 bits per heavy atom. The summed E-state index contributed by atoms with van der Waals surface area (Å²) in [6, 6.07) is 1.67. The third-order valence-corrected chi connectivity index (χ3v) is 4.39. The fraction of sp³-hybridized carbons (Fsp3) is 0.538. The molecule has 0 bridgehead atoms. The van der Waals surface area contributed by atoms with Crippen LogP contribution in [-0.4, -0.2) is 11.9 Å². The second kappa shape index (κ2) is 5.51. The predicted molar refractivity (Wildman–Crippen MR) is 72.6 cm³/mol. The number of nitrogens with zero attached hydrogens (tertiary/aromatic N) is 1. The first-order valence-electron chi connectivity index (χ1n) is 6.24. The molecule has 0 radical (unpaired) electrons. The van der Waals surface area contributed by atoms with Crippen LogP contribution in [0.15, 0.2) is 0 Å². The van der Waals surface area contributed by atoms with E-state index in [0.717, 1.165) is 24.8 Å². The molecular weight excluding hydrogens is 246 g/mol. The molecular formula is C13H17N3OS. The molecule has 4 nitrogen and oxygen atoms in total. The van der Waals surface area contributed by atoms with Crippen LogP contribution < -0.4 is 11.1 Å². The molecule has 0 fully saturated rings. The Balaban J connectivity index is 2.32. The van der Waals surface area contributed by atoms with Crippen LogP contribution in [0.5, 0.6) is 0 Å². The molecule has 2 rings (SSSR count). The van der Waals surface area contributed by atoms with Crippen molar-refractivity contribution in [3.63, 3.8) is 0 Å². The summed E-state index contributed by atoms with van der Waals surface area (Å²) < 4.78 is 0. The first-order chi connectivity index (χ1) is 8.63. The van der Waals surface area contributed by atoms with Gasteiger partial charge in [-0.2, -0.15) is 5.26 Å². The van der Waals surface area contributed by atoms with Gasteiger partial charge < -0.3 is 11.1 Å². The number of hydrogen-bond donors (Lipinski definition) is 2. The SMILES string of the molecule is C[C@H](N)C(=O)Nc1sc2c(c1C#N)CCCCC2. The van der Waals surface area contributed by atoms with Gasteiger partial charge in [0.1, 0.15) is 11.1 Å². The number of rotatable bonds is 2. The summed E-state index contributed by atoms with van der Waals surface area (Å²) in [5.41, 5.74) is 7.32. The smallest absolute Gasteiger partial charge is 0.241 e. The molecule has 1 aliphatic carbocycles. The summed E-state index contributed by atoms with van der Waals surface area (Å²) >= 11 is 1.54. The predicted octanol–water partition coefficient (Wildman–Crippen LogP) is 2.17. The number of carbonyl (C=O) groups excluding carboxylic acids is 1. The molecule has 0 aliphatic heterocycles. The van der Waals surface area contributed by atoms with Gasteiger partial charge in [-0.25, -0.2) is 0 Å². The number of nitrogens with one attached hydrogen (secondary N) is 1. The molecule has 1 amide bonds. The van der Waals surface area contributed by atoms with Crippen molar-refractivity contribution in [3.8, 4) is 6.07 Å². The van der Waals surface area contributed by atoms with Crippen LogP contribution in [0.1, 0.15) is 42.2 Å². The van der Waals surface area contributed by atoms with Crippen molar-refractivity contribution in [1.29, 1.82) is 5.26 Å².